The Hall–Kier alpha value is -2.78. The molecule has 8 nitrogen and oxygen atoms in total. The molecule has 1 aliphatic heterocycles. The van der Waals surface area contributed by atoms with Crippen molar-refractivity contribution in [3.05, 3.63) is 46.3 Å². The molecule has 5 rings (SSSR count). The summed E-state index contributed by atoms with van der Waals surface area (Å²) in [6, 6.07) is 5.53. The Balaban J connectivity index is 1.44. The monoisotopic (exact) mass is 412 g/mol. The van der Waals surface area contributed by atoms with Crippen LogP contribution < -0.4 is 5.32 Å². The molecule has 2 aliphatic rings. The number of nitrogens with one attached hydrogen (secondary N) is 1. The summed E-state index contributed by atoms with van der Waals surface area (Å²) in [4.78, 5) is 32.9. The first-order valence-electron chi connectivity index (χ1n) is 9.62. The topological polar surface area (TPSA) is 97.6 Å². The van der Waals surface area contributed by atoms with Gasteiger partial charge >= 0.3 is 0 Å². The molecule has 1 atom stereocenters. The number of carbonyl (C=O) groups excluding carboxylic acids is 2. The standard InChI is InChI=1S/C20H20N4O4S/c1-21-18(25)17-16(12-3-2-6-22-19(12)29-17)15-10-24(7-8-27-15)20(26)13-9-14(28-23-13)11-4-5-11/h2-3,6,9,11,15H,4-5,7-8,10H2,1H3,(H,21,25). The fraction of sp³-hybridized carbons (Fsp3) is 0.400. The highest BCUT2D eigenvalue weighted by Gasteiger charge is 2.34. The van der Waals surface area contributed by atoms with E-state index < -0.39 is 6.10 Å². The lowest BCUT2D eigenvalue weighted by molar-refractivity contribution is -0.0225. The van der Waals surface area contributed by atoms with E-state index in [1.54, 1.807) is 24.2 Å². The second-order valence-corrected chi connectivity index (χ2v) is 8.28. The number of thiophene rings is 1. The van der Waals surface area contributed by atoms with Gasteiger partial charge in [0.2, 0.25) is 0 Å². The van der Waals surface area contributed by atoms with Gasteiger partial charge in [0.05, 0.1) is 13.2 Å². The molecule has 2 amide bonds. The molecular weight excluding hydrogens is 392 g/mol. The number of aromatic nitrogens is 2. The lowest BCUT2D eigenvalue weighted by atomic mass is 10.0. The van der Waals surface area contributed by atoms with E-state index in [-0.39, 0.29) is 11.8 Å². The summed E-state index contributed by atoms with van der Waals surface area (Å²) < 4.78 is 11.3. The van der Waals surface area contributed by atoms with Crippen molar-refractivity contribution >= 4 is 33.4 Å². The zero-order chi connectivity index (χ0) is 20.0. The lowest BCUT2D eigenvalue weighted by Gasteiger charge is -2.32. The summed E-state index contributed by atoms with van der Waals surface area (Å²) in [7, 11) is 1.60. The summed E-state index contributed by atoms with van der Waals surface area (Å²) in [5.74, 6) is 0.838. The van der Waals surface area contributed by atoms with E-state index in [4.69, 9.17) is 9.26 Å². The van der Waals surface area contributed by atoms with E-state index in [1.165, 1.54) is 11.3 Å². The highest BCUT2D eigenvalue weighted by molar-refractivity contribution is 7.20. The van der Waals surface area contributed by atoms with E-state index in [9.17, 15) is 9.59 Å². The number of ether oxygens (including phenoxy) is 1. The molecule has 29 heavy (non-hydrogen) atoms. The van der Waals surface area contributed by atoms with Crippen LogP contribution in [0.4, 0.5) is 0 Å². The van der Waals surface area contributed by atoms with E-state index in [0.29, 0.717) is 36.2 Å². The van der Waals surface area contributed by atoms with Crippen molar-refractivity contribution in [2.75, 3.05) is 26.7 Å². The van der Waals surface area contributed by atoms with Crippen molar-refractivity contribution in [1.82, 2.24) is 20.4 Å². The Morgan fingerprint density at radius 2 is 2.21 bits per heavy atom. The molecule has 1 unspecified atom stereocenters. The highest BCUT2D eigenvalue weighted by atomic mass is 32.1. The Morgan fingerprint density at radius 3 is 3.00 bits per heavy atom. The van der Waals surface area contributed by atoms with Gasteiger partial charge in [0.1, 0.15) is 21.6 Å². The fourth-order valence-corrected chi connectivity index (χ4v) is 4.81. The molecule has 0 aromatic carbocycles. The van der Waals surface area contributed by atoms with Crippen LogP contribution >= 0.6 is 11.3 Å². The normalized spacial score (nSPS) is 19.5. The van der Waals surface area contributed by atoms with Crippen LogP contribution in [0, 0.1) is 0 Å². The Labute approximate surface area is 170 Å². The third-order valence-electron chi connectivity index (χ3n) is 5.34. The van der Waals surface area contributed by atoms with Crippen molar-refractivity contribution in [3.8, 4) is 0 Å². The molecule has 150 valence electrons. The summed E-state index contributed by atoms with van der Waals surface area (Å²) in [6.07, 6.45) is 3.47. The zero-order valence-corrected chi connectivity index (χ0v) is 16.7. The highest BCUT2D eigenvalue weighted by Crippen LogP contribution is 2.40. The van der Waals surface area contributed by atoms with E-state index >= 15 is 0 Å². The van der Waals surface area contributed by atoms with Gasteiger partial charge in [-0.05, 0) is 18.9 Å². The molecule has 1 saturated carbocycles. The van der Waals surface area contributed by atoms with Crippen molar-refractivity contribution < 1.29 is 18.8 Å². The van der Waals surface area contributed by atoms with Crippen LogP contribution in [-0.2, 0) is 4.74 Å². The van der Waals surface area contributed by atoms with Gasteiger partial charge in [0.15, 0.2) is 5.69 Å². The van der Waals surface area contributed by atoms with Crippen LogP contribution in [-0.4, -0.2) is 53.6 Å². The number of amides is 2. The SMILES string of the molecule is CNC(=O)c1sc2ncccc2c1C1CN(C(=O)c2cc(C3CC3)on2)CCO1. The smallest absolute Gasteiger partial charge is 0.276 e. The largest absolute Gasteiger partial charge is 0.370 e. The minimum atomic E-state index is -0.409. The molecule has 1 aliphatic carbocycles. The quantitative estimate of drug-likeness (QED) is 0.708. The molecular formula is C20H20N4O4S. The Bertz CT molecular complexity index is 1090. The predicted molar refractivity (Wildman–Crippen MR) is 106 cm³/mol. The number of pyridine rings is 1. The molecule has 0 bridgehead atoms. The molecule has 0 radical (unpaired) electrons. The van der Waals surface area contributed by atoms with Crippen molar-refractivity contribution in [1.29, 1.82) is 0 Å². The first-order valence-corrected chi connectivity index (χ1v) is 10.4. The molecule has 0 spiro atoms. The van der Waals surface area contributed by atoms with Crippen molar-refractivity contribution in [2.24, 2.45) is 0 Å². The minimum Gasteiger partial charge on any atom is -0.370 e. The van der Waals surface area contributed by atoms with Gasteiger partial charge in [-0.3, -0.25) is 9.59 Å². The number of fused-ring (bicyclic) bond motifs is 1. The second kappa shape index (κ2) is 7.23. The van der Waals surface area contributed by atoms with Crippen LogP contribution in [0.15, 0.2) is 28.9 Å². The average Bonchev–Trinajstić information content (AvgIpc) is 3.36. The molecule has 1 saturated heterocycles. The van der Waals surface area contributed by atoms with Gasteiger partial charge in [-0.25, -0.2) is 4.98 Å². The van der Waals surface area contributed by atoms with Gasteiger partial charge in [0, 0.05) is 42.7 Å². The van der Waals surface area contributed by atoms with E-state index in [1.807, 2.05) is 12.1 Å². The second-order valence-electron chi connectivity index (χ2n) is 7.28. The minimum absolute atomic E-state index is 0.173. The van der Waals surface area contributed by atoms with Gasteiger partial charge in [-0.15, -0.1) is 11.3 Å². The number of nitrogens with zero attached hydrogens (tertiary/aromatic N) is 3. The number of hydrogen-bond donors (Lipinski definition) is 1. The van der Waals surface area contributed by atoms with Gasteiger partial charge in [0.25, 0.3) is 11.8 Å². The Kier molecular flexibility index (Phi) is 4.56. The summed E-state index contributed by atoms with van der Waals surface area (Å²) in [5, 5.41) is 7.54. The van der Waals surface area contributed by atoms with E-state index in [0.717, 1.165) is 34.4 Å². The predicted octanol–water partition coefficient (Wildman–Crippen LogP) is 2.74. The molecule has 3 aromatic rings. The molecule has 3 aromatic heterocycles. The number of rotatable bonds is 4. The summed E-state index contributed by atoms with van der Waals surface area (Å²) >= 11 is 1.34. The van der Waals surface area contributed by atoms with Crippen LogP contribution in [0.5, 0.6) is 0 Å². The van der Waals surface area contributed by atoms with E-state index in [2.05, 4.69) is 15.5 Å². The third-order valence-corrected chi connectivity index (χ3v) is 6.47. The van der Waals surface area contributed by atoms with Crippen molar-refractivity contribution in [2.45, 2.75) is 24.9 Å². The third kappa shape index (κ3) is 3.30. The number of carbonyl (C=O) groups is 2. The number of morpholine rings is 1. The van der Waals surface area contributed by atoms with Crippen LogP contribution in [0.1, 0.15) is 56.3 Å². The fourth-order valence-electron chi connectivity index (χ4n) is 3.67. The molecule has 1 N–H and O–H groups in total. The Morgan fingerprint density at radius 1 is 1.34 bits per heavy atom. The molecule has 4 heterocycles. The molecule has 2 fully saturated rings. The van der Waals surface area contributed by atoms with Crippen molar-refractivity contribution in [3.63, 3.8) is 0 Å². The van der Waals surface area contributed by atoms with Gasteiger partial charge < -0.3 is 19.5 Å². The maximum atomic E-state index is 13.0. The first kappa shape index (κ1) is 18.3. The maximum absolute atomic E-state index is 13.0. The summed E-state index contributed by atoms with van der Waals surface area (Å²) in [5.41, 5.74) is 1.12. The zero-order valence-electron chi connectivity index (χ0n) is 15.9. The van der Waals surface area contributed by atoms with Crippen LogP contribution in [0.2, 0.25) is 0 Å². The lowest BCUT2D eigenvalue weighted by Crippen LogP contribution is -2.42. The van der Waals surface area contributed by atoms with Gasteiger partial charge in [-0.1, -0.05) is 11.2 Å². The average molecular weight is 412 g/mol. The maximum Gasteiger partial charge on any atom is 0.276 e. The molecule has 9 heteroatoms. The summed E-state index contributed by atoms with van der Waals surface area (Å²) in [6.45, 7) is 1.19. The van der Waals surface area contributed by atoms with Gasteiger partial charge in [-0.2, -0.15) is 0 Å². The van der Waals surface area contributed by atoms with Crippen LogP contribution in [0.25, 0.3) is 10.2 Å². The first-order chi connectivity index (χ1) is 14.2. The number of hydrogen-bond acceptors (Lipinski definition) is 7. The van der Waals surface area contributed by atoms with Crippen LogP contribution in [0.3, 0.4) is 0 Å².